The summed E-state index contributed by atoms with van der Waals surface area (Å²) in [4.78, 5) is 83.0. The van der Waals surface area contributed by atoms with Gasteiger partial charge in [-0.05, 0) is 42.4 Å². The number of ether oxygens (including phenoxy) is 3. The van der Waals surface area contributed by atoms with Crippen LogP contribution in [0.15, 0.2) is 91.0 Å². The highest BCUT2D eigenvalue weighted by molar-refractivity contribution is 6.04. The number of amides is 2. The molecular formula is C56H77NO10. The molecule has 366 valence electrons. The fourth-order valence-corrected chi connectivity index (χ4v) is 8.50. The summed E-state index contributed by atoms with van der Waals surface area (Å²) in [6.07, 6.45) is 23.1. The van der Waals surface area contributed by atoms with Gasteiger partial charge in [-0.1, -0.05) is 219 Å². The Labute approximate surface area is 400 Å². The second kappa shape index (κ2) is 33.2. The van der Waals surface area contributed by atoms with Gasteiger partial charge in [0.1, 0.15) is 19.8 Å². The Hall–Kier alpha value is -5.32. The lowest BCUT2D eigenvalue weighted by molar-refractivity contribution is -0.210. The van der Waals surface area contributed by atoms with Crippen molar-refractivity contribution in [2.75, 3.05) is 0 Å². The highest BCUT2D eigenvalue weighted by Crippen LogP contribution is 2.37. The molecule has 1 heterocycles. The second-order valence-corrected chi connectivity index (χ2v) is 18.2. The van der Waals surface area contributed by atoms with Crippen molar-refractivity contribution in [1.82, 2.24) is 5.06 Å². The number of benzene rings is 3. The summed E-state index contributed by atoms with van der Waals surface area (Å²) in [7, 11) is 0. The molecule has 11 heteroatoms. The number of rotatable bonds is 37. The van der Waals surface area contributed by atoms with E-state index < -0.39 is 29.2 Å². The third-order valence-corrected chi connectivity index (χ3v) is 12.6. The van der Waals surface area contributed by atoms with Crippen LogP contribution in [0.2, 0.25) is 0 Å². The molecule has 11 nitrogen and oxygen atoms in total. The molecule has 0 atom stereocenters. The SMILES string of the molecule is O=C(CCCCCCCCCCCCCC(CCCCCCCCCCCCCC(=O)OCc1ccccc1)(C(=O)OCc1ccccc1)C(=O)ON1C(=O)CCC1=O)OCc1ccccc1. The maximum atomic E-state index is 14.2. The van der Waals surface area contributed by atoms with Gasteiger partial charge < -0.3 is 19.0 Å². The molecule has 0 spiro atoms. The van der Waals surface area contributed by atoms with Crippen LogP contribution in [-0.2, 0) is 67.6 Å². The zero-order valence-corrected chi connectivity index (χ0v) is 40.1. The fourth-order valence-electron chi connectivity index (χ4n) is 8.50. The summed E-state index contributed by atoms with van der Waals surface area (Å²) in [6, 6.07) is 28.7. The van der Waals surface area contributed by atoms with Crippen LogP contribution in [-0.4, -0.2) is 40.8 Å². The normalized spacial score (nSPS) is 12.6. The summed E-state index contributed by atoms with van der Waals surface area (Å²) < 4.78 is 16.6. The van der Waals surface area contributed by atoms with Gasteiger partial charge >= 0.3 is 23.9 Å². The minimum Gasteiger partial charge on any atom is -0.461 e. The van der Waals surface area contributed by atoms with Gasteiger partial charge in [0.25, 0.3) is 11.8 Å². The van der Waals surface area contributed by atoms with Gasteiger partial charge in [-0.25, -0.2) is 4.79 Å². The quantitative estimate of drug-likeness (QED) is 0.0180. The van der Waals surface area contributed by atoms with Crippen molar-refractivity contribution in [1.29, 1.82) is 0 Å². The summed E-state index contributed by atoms with van der Waals surface area (Å²) in [5, 5.41) is 0.546. The summed E-state index contributed by atoms with van der Waals surface area (Å²) in [6.45, 7) is 0.641. The van der Waals surface area contributed by atoms with E-state index in [2.05, 4.69) is 0 Å². The number of carbonyl (C=O) groups excluding carboxylic acids is 6. The maximum absolute atomic E-state index is 14.2. The lowest BCUT2D eigenvalue weighted by Gasteiger charge is -2.30. The van der Waals surface area contributed by atoms with Crippen LogP contribution in [0.25, 0.3) is 0 Å². The first-order valence-corrected chi connectivity index (χ1v) is 25.5. The molecule has 4 rings (SSSR count). The van der Waals surface area contributed by atoms with Crippen LogP contribution in [0.5, 0.6) is 0 Å². The maximum Gasteiger partial charge on any atom is 0.350 e. The van der Waals surface area contributed by atoms with Gasteiger partial charge in [0.2, 0.25) is 0 Å². The fraction of sp³-hybridized carbons (Fsp3) is 0.571. The lowest BCUT2D eigenvalue weighted by atomic mass is 9.77. The number of hydrogen-bond acceptors (Lipinski definition) is 10. The van der Waals surface area contributed by atoms with Crippen LogP contribution < -0.4 is 0 Å². The average molecular weight is 924 g/mol. The molecule has 0 saturated carbocycles. The Balaban J connectivity index is 1.15. The van der Waals surface area contributed by atoms with Crippen molar-refractivity contribution < 1.29 is 47.8 Å². The van der Waals surface area contributed by atoms with Crippen LogP contribution in [0.3, 0.4) is 0 Å². The molecule has 0 unspecified atom stereocenters. The molecule has 0 N–H and O–H groups in total. The largest absolute Gasteiger partial charge is 0.461 e. The van der Waals surface area contributed by atoms with E-state index in [9.17, 15) is 28.8 Å². The summed E-state index contributed by atoms with van der Waals surface area (Å²) >= 11 is 0. The van der Waals surface area contributed by atoms with Crippen molar-refractivity contribution in [3.8, 4) is 0 Å². The van der Waals surface area contributed by atoms with Gasteiger partial charge in [0.05, 0.1) is 0 Å². The molecule has 1 saturated heterocycles. The van der Waals surface area contributed by atoms with Crippen molar-refractivity contribution in [3.63, 3.8) is 0 Å². The van der Waals surface area contributed by atoms with Crippen molar-refractivity contribution in [2.24, 2.45) is 5.41 Å². The molecule has 0 aliphatic carbocycles. The summed E-state index contributed by atoms with van der Waals surface area (Å²) in [5.74, 6) is -3.01. The van der Waals surface area contributed by atoms with Gasteiger partial charge in [-0.15, -0.1) is 5.06 Å². The van der Waals surface area contributed by atoms with E-state index in [-0.39, 0.29) is 44.2 Å². The number of imide groups is 1. The zero-order valence-electron chi connectivity index (χ0n) is 40.1. The van der Waals surface area contributed by atoms with E-state index in [1.54, 1.807) is 0 Å². The highest BCUT2D eigenvalue weighted by Gasteiger charge is 2.50. The number of carbonyl (C=O) groups is 6. The molecule has 0 bridgehead atoms. The Morgan fingerprint density at radius 3 is 1.03 bits per heavy atom. The Morgan fingerprint density at radius 2 is 0.687 bits per heavy atom. The lowest BCUT2D eigenvalue weighted by Crippen LogP contribution is -2.46. The molecule has 3 aromatic carbocycles. The van der Waals surface area contributed by atoms with E-state index in [4.69, 9.17) is 19.0 Å². The predicted octanol–water partition coefficient (Wildman–Crippen LogP) is 13.0. The third kappa shape index (κ3) is 22.4. The van der Waals surface area contributed by atoms with Crippen LogP contribution in [0, 0.1) is 5.41 Å². The molecule has 1 fully saturated rings. The van der Waals surface area contributed by atoms with E-state index in [0.717, 1.165) is 145 Å². The van der Waals surface area contributed by atoms with Crippen molar-refractivity contribution >= 4 is 35.7 Å². The monoisotopic (exact) mass is 924 g/mol. The third-order valence-electron chi connectivity index (χ3n) is 12.6. The van der Waals surface area contributed by atoms with E-state index in [1.807, 2.05) is 91.0 Å². The second-order valence-electron chi connectivity index (χ2n) is 18.2. The zero-order chi connectivity index (χ0) is 47.6. The molecule has 2 amide bonds. The molecule has 1 aliphatic heterocycles. The predicted molar refractivity (Wildman–Crippen MR) is 258 cm³/mol. The van der Waals surface area contributed by atoms with E-state index >= 15 is 0 Å². The number of hydrogen-bond donors (Lipinski definition) is 0. The average Bonchev–Trinajstić information content (AvgIpc) is 3.67. The molecule has 1 aliphatic rings. The standard InChI is InChI=1S/C56H77NO10/c58-50-40-41-51(59)57(50)67-55(63)56(54(62)66-46-49-36-26-21-27-37-49,42-30-17-13-9-5-1-3-7-11-15-28-38-52(60)64-44-47-32-22-19-23-33-47)43-31-18-14-10-6-2-4-8-12-16-29-39-53(61)65-45-48-34-24-20-25-35-48/h19-27,32-37H,1-18,28-31,38-46H2. The molecular weight excluding hydrogens is 847 g/mol. The number of hydroxylamine groups is 2. The smallest absolute Gasteiger partial charge is 0.350 e. The molecule has 3 aromatic rings. The highest BCUT2D eigenvalue weighted by atomic mass is 16.7. The Kier molecular flexibility index (Phi) is 26.9. The van der Waals surface area contributed by atoms with Gasteiger partial charge in [0, 0.05) is 25.7 Å². The Morgan fingerprint density at radius 1 is 0.388 bits per heavy atom. The van der Waals surface area contributed by atoms with E-state index in [1.165, 1.54) is 0 Å². The number of nitrogens with zero attached hydrogens (tertiary/aromatic N) is 1. The first-order chi connectivity index (χ1) is 32.8. The minimum absolute atomic E-state index is 0.00112. The topological polar surface area (TPSA) is 143 Å². The van der Waals surface area contributed by atoms with Crippen LogP contribution in [0.4, 0.5) is 0 Å². The summed E-state index contributed by atoms with van der Waals surface area (Å²) in [5.41, 5.74) is 1.14. The number of unbranched alkanes of at least 4 members (excludes halogenated alkanes) is 20. The first kappa shape index (κ1) is 54.3. The minimum atomic E-state index is -1.64. The van der Waals surface area contributed by atoms with Crippen LogP contribution >= 0.6 is 0 Å². The molecule has 0 radical (unpaired) electrons. The van der Waals surface area contributed by atoms with Gasteiger partial charge in [-0.3, -0.25) is 24.0 Å². The van der Waals surface area contributed by atoms with Crippen molar-refractivity contribution in [2.45, 2.75) is 200 Å². The molecule has 0 aromatic heterocycles. The van der Waals surface area contributed by atoms with Gasteiger partial charge in [0.15, 0.2) is 5.41 Å². The number of esters is 3. The van der Waals surface area contributed by atoms with E-state index in [0.29, 0.717) is 44.0 Å². The van der Waals surface area contributed by atoms with Crippen LogP contribution in [0.1, 0.15) is 196 Å². The Bertz CT molecular complexity index is 1770. The first-order valence-electron chi connectivity index (χ1n) is 25.5. The van der Waals surface area contributed by atoms with Crippen molar-refractivity contribution in [3.05, 3.63) is 108 Å². The van der Waals surface area contributed by atoms with Gasteiger partial charge in [-0.2, -0.15) is 0 Å². The molecule has 67 heavy (non-hydrogen) atoms.